The second-order valence-electron chi connectivity index (χ2n) is 5.20. The minimum absolute atomic E-state index is 0.0312. The molecule has 20 heavy (non-hydrogen) atoms. The van der Waals surface area contributed by atoms with E-state index in [-0.39, 0.29) is 24.4 Å². The van der Waals surface area contributed by atoms with Gasteiger partial charge in [-0.1, -0.05) is 36.8 Å². The molecule has 2 unspecified atom stereocenters. The van der Waals surface area contributed by atoms with Crippen molar-refractivity contribution in [3.63, 3.8) is 0 Å². The molecule has 0 spiro atoms. The molecule has 1 aromatic carbocycles. The fourth-order valence-corrected chi connectivity index (χ4v) is 1.89. The van der Waals surface area contributed by atoms with Crippen molar-refractivity contribution in [3.05, 3.63) is 35.4 Å². The number of rotatable bonds is 6. The van der Waals surface area contributed by atoms with Crippen LogP contribution in [0.2, 0.25) is 0 Å². The van der Waals surface area contributed by atoms with E-state index in [2.05, 4.69) is 10.6 Å². The Morgan fingerprint density at radius 1 is 1.20 bits per heavy atom. The van der Waals surface area contributed by atoms with E-state index in [1.165, 1.54) is 5.56 Å². The predicted octanol–water partition coefficient (Wildman–Crippen LogP) is 2.47. The van der Waals surface area contributed by atoms with Crippen LogP contribution < -0.4 is 10.6 Å². The molecule has 0 saturated carbocycles. The number of aryl methyl sites for hydroxylation is 1. The van der Waals surface area contributed by atoms with Crippen molar-refractivity contribution in [2.24, 2.45) is 5.92 Å². The lowest BCUT2D eigenvalue weighted by molar-refractivity contribution is -0.122. The van der Waals surface area contributed by atoms with E-state index in [0.717, 1.165) is 5.56 Å². The van der Waals surface area contributed by atoms with E-state index < -0.39 is 6.09 Å². The molecule has 5 heteroatoms. The van der Waals surface area contributed by atoms with Gasteiger partial charge in [-0.2, -0.15) is 0 Å². The first-order chi connectivity index (χ1) is 9.38. The predicted molar refractivity (Wildman–Crippen MR) is 77.5 cm³/mol. The molecule has 0 aliphatic carbocycles. The van der Waals surface area contributed by atoms with Gasteiger partial charge in [0.15, 0.2) is 0 Å². The van der Waals surface area contributed by atoms with Gasteiger partial charge in [0.1, 0.15) is 0 Å². The van der Waals surface area contributed by atoms with Gasteiger partial charge in [0.25, 0.3) is 0 Å². The summed E-state index contributed by atoms with van der Waals surface area (Å²) in [6.45, 7) is 6.07. The lowest BCUT2D eigenvalue weighted by atomic mass is 10.0. The molecular formula is C15H22N2O3. The molecule has 2 amide bonds. The Bertz CT molecular complexity index is 457. The standard InChI is InChI=1S/C15H22N2O3/c1-10-4-6-13(7-5-10)12(3)17-14(18)8-11(2)9-16-15(19)20/h4-7,11-12,16H,8-9H2,1-3H3,(H,17,18)(H,19,20). The summed E-state index contributed by atoms with van der Waals surface area (Å²) in [6.07, 6.45) is -0.762. The Hall–Kier alpha value is -2.04. The van der Waals surface area contributed by atoms with Crippen LogP contribution in [-0.2, 0) is 4.79 Å². The summed E-state index contributed by atoms with van der Waals surface area (Å²) >= 11 is 0. The largest absolute Gasteiger partial charge is 0.465 e. The number of carboxylic acid groups (broad SMARTS) is 1. The van der Waals surface area contributed by atoms with Gasteiger partial charge >= 0.3 is 6.09 Å². The average Bonchev–Trinajstić information content (AvgIpc) is 2.36. The molecule has 3 N–H and O–H groups in total. The van der Waals surface area contributed by atoms with Gasteiger partial charge in [0, 0.05) is 13.0 Å². The molecule has 5 nitrogen and oxygen atoms in total. The normalized spacial score (nSPS) is 13.3. The first-order valence-corrected chi connectivity index (χ1v) is 6.71. The lowest BCUT2D eigenvalue weighted by Gasteiger charge is -2.16. The Kier molecular flexibility index (Phi) is 6.03. The summed E-state index contributed by atoms with van der Waals surface area (Å²) in [5.74, 6) is -0.103. The summed E-state index contributed by atoms with van der Waals surface area (Å²) in [5, 5.41) is 13.7. The van der Waals surface area contributed by atoms with Crippen molar-refractivity contribution in [2.75, 3.05) is 6.54 Å². The van der Waals surface area contributed by atoms with Gasteiger partial charge in [-0.15, -0.1) is 0 Å². The minimum atomic E-state index is -1.06. The van der Waals surface area contributed by atoms with Gasteiger partial charge in [0.2, 0.25) is 5.91 Å². The molecule has 0 aliphatic rings. The van der Waals surface area contributed by atoms with Crippen molar-refractivity contribution >= 4 is 12.0 Å². The second kappa shape index (κ2) is 7.53. The van der Waals surface area contributed by atoms with E-state index in [4.69, 9.17) is 5.11 Å². The zero-order valence-corrected chi connectivity index (χ0v) is 12.1. The van der Waals surface area contributed by atoms with Crippen LogP contribution in [0.3, 0.4) is 0 Å². The van der Waals surface area contributed by atoms with E-state index in [9.17, 15) is 9.59 Å². The molecule has 0 radical (unpaired) electrons. The number of carbonyl (C=O) groups is 2. The van der Waals surface area contributed by atoms with Gasteiger partial charge in [-0.25, -0.2) is 4.79 Å². The van der Waals surface area contributed by atoms with Gasteiger partial charge < -0.3 is 15.7 Å². The number of carbonyl (C=O) groups excluding carboxylic acids is 1. The van der Waals surface area contributed by atoms with Crippen LogP contribution in [0, 0.1) is 12.8 Å². The molecule has 0 aliphatic heterocycles. The van der Waals surface area contributed by atoms with E-state index in [1.54, 1.807) is 0 Å². The Morgan fingerprint density at radius 2 is 1.80 bits per heavy atom. The van der Waals surface area contributed by atoms with Crippen LogP contribution in [0.25, 0.3) is 0 Å². The Morgan fingerprint density at radius 3 is 2.35 bits per heavy atom. The summed E-state index contributed by atoms with van der Waals surface area (Å²) in [7, 11) is 0. The maximum absolute atomic E-state index is 11.9. The highest BCUT2D eigenvalue weighted by atomic mass is 16.4. The van der Waals surface area contributed by atoms with E-state index in [1.807, 2.05) is 45.0 Å². The maximum Gasteiger partial charge on any atom is 0.404 e. The van der Waals surface area contributed by atoms with Crippen LogP contribution in [0.1, 0.15) is 37.4 Å². The number of nitrogens with one attached hydrogen (secondary N) is 2. The maximum atomic E-state index is 11.9. The molecule has 0 heterocycles. The van der Waals surface area contributed by atoms with Gasteiger partial charge in [0.05, 0.1) is 6.04 Å². The fraction of sp³-hybridized carbons (Fsp3) is 0.467. The minimum Gasteiger partial charge on any atom is -0.465 e. The van der Waals surface area contributed by atoms with Crippen LogP contribution in [0.5, 0.6) is 0 Å². The zero-order valence-electron chi connectivity index (χ0n) is 12.1. The summed E-state index contributed by atoms with van der Waals surface area (Å²) < 4.78 is 0. The number of benzene rings is 1. The van der Waals surface area contributed by atoms with Gasteiger partial charge in [-0.05, 0) is 25.3 Å². The average molecular weight is 278 g/mol. The second-order valence-corrected chi connectivity index (χ2v) is 5.20. The van der Waals surface area contributed by atoms with Crippen LogP contribution >= 0.6 is 0 Å². The van der Waals surface area contributed by atoms with Crippen LogP contribution in [0.15, 0.2) is 24.3 Å². The molecule has 1 rings (SSSR count). The summed E-state index contributed by atoms with van der Waals surface area (Å²) in [4.78, 5) is 22.2. The Labute approximate surface area is 119 Å². The smallest absolute Gasteiger partial charge is 0.404 e. The highest BCUT2D eigenvalue weighted by Crippen LogP contribution is 2.13. The lowest BCUT2D eigenvalue weighted by Crippen LogP contribution is -2.32. The third-order valence-corrected chi connectivity index (χ3v) is 3.09. The van der Waals surface area contributed by atoms with E-state index >= 15 is 0 Å². The fourth-order valence-electron chi connectivity index (χ4n) is 1.89. The molecule has 0 aromatic heterocycles. The van der Waals surface area contributed by atoms with E-state index in [0.29, 0.717) is 6.42 Å². The first-order valence-electron chi connectivity index (χ1n) is 6.71. The number of amides is 2. The molecule has 0 fully saturated rings. The molecule has 1 aromatic rings. The van der Waals surface area contributed by atoms with Crippen molar-refractivity contribution in [1.82, 2.24) is 10.6 Å². The van der Waals surface area contributed by atoms with Crippen LogP contribution in [0.4, 0.5) is 4.79 Å². The molecule has 0 saturated heterocycles. The highest BCUT2D eigenvalue weighted by Gasteiger charge is 2.13. The monoisotopic (exact) mass is 278 g/mol. The topological polar surface area (TPSA) is 78.4 Å². The zero-order chi connectivity index (χ0) is 15.1. The van der Waals surface area contributed by atoms with Crippen molar-refractivity contribution in [2.45, 2.75) is 33.2 Å². The third-order valence-electron chi connectivity index (χ3n) is 3.09. The molecule has 0 bridgehead atoms. The SMILES string of the molecule is Cc1ccc(C(C)NC(=O)CC(C)CNC(=O)O)cc1. The molecular weight excluding hydrogens is 256 g/mol. The number of hydrogen-bond acceptors (Lipinski definition) is 2. The van der Waals surface area contributed by atoms with Crippen molar-refractivity contribution in [1.29, 1.82) is 0 Å². The van der Waals surface area contributed by atoms with Crippen molar-refractivity contribution in [3.8, 4) is 0 Å². The first kappa shape index (κ1) is 16.0. The molecule has 110 valence electrons. The van der Waals surface area contributed by atoms with Crippen LogP contribution in [-0.4, -0.2) is 23.7 Å². The Balaban J connectivity index is 2.41. The number of hydrogen-bond donors (Lipinski definition) is 3. The third kappa shape index (κ3) is 5.73. The van der Waals surface area contributed by atoms with Crippen molar-refractivity contribution < 1.29 is 14.7 Å². The van der Waals surface area contributed by atoms with Gasteiger partial charge in [-0.3, -0.25) is 4.79 Å². The summed E-state index contributed by atoms with van der Waals surface area (Å²) in [6, 6.07) is 7.96. The summed E-state index contributed by atoms with van der Waals surface area (Å²) in [5.41, 5.74) is 2.24. The highest BCUT2D eigenvalue weighted by molar-refractivity contribution is 5.76. The molecule has 2 atom stereocenters. The quantitative estimate of drug-likeness (QED) is 0.748.